The first kappa shape index (κ1) is 17.7. The highest BCUT2D eigenvalue weighted by Crippen LogP contribution is 2.20. The van der Waals surface area contributed by atoms with Gasteiger partial charge < -0.3 is 9.15 Å². The van der Waals surface area contributed by atoms with E-state index in [0.29, 0.717) is 18.9 Å². The molecule has 3 aromatic rings. The Morgan fingerprint density at radius 3 is 2.62 bits per heavy atom. The Bertz CT molecular complexity index is 844. The number of ether oxygens (including phenoxy) is 1. The fourth-order valence-electron chi connectivity index (χ4n) is 2.54. The lowest BCUT2D eigenvalue weighted by atomic mass is 10.0. The van der Waals surface area contributed by atoms with Gasteiger partial charge in [0.2, 0.25) is 11.8 Å². The van der Waals surface area contributed by atoms with Crippen molar-refractivity contribution >= 4 is 5.91 Å². The van der Waals surface area contributed by atoms with E-state index in [9.17, 15) is 4.79 Å². The van der Waals surface area contributed by atoms with E-state index in [-0.39, 0.29) is 11.8 Å². The van der Waals surface area contributed by atoms with E-state index in [1.54, 1.807) is 13.2 Å². The molecule has 2 aromatic carbocycles. The molecule has 6 heteroatoms. The molecule has 0 aliphatic carbocycles. The van der Waals surface area contributed by atoms with Gasteiger partial charge >= 0.3 is 0 Å². The van der Waals surface area contributed by atoms with Gasteiger partial charge in [0, 0.05) is 12.0 Å². The molecule has 3 rings (SSSR count). The number of amides is 1. The lowest BCUT2D eigenvalue weighted by Crippen LogP contribution is -2.33. The molecule has 0 saturated heterocycles. The molecule has 0 fully saturated rings. The van der Waals surface area contributed by atoms with Crippen LogP contribution < -0.4 is 16.0 Å². The van der Waals surface area contributed by atoms with Crippen LogP contribution in [0.2, 0.25) is 0 Å². The van der Waals surface area contributed by atoms with Crippen LogP contribution >= 0.6 is 0 Å². The van der Waals surface area contributed by atoms with Crippen molar-refractivity contribution in [3.8, 4) is 17.2 Å². The first-order chi connectivity index (χ1) is 12.7. The standard InChI is InChI=1S/C20H21N3O3/c1-14(19(24)23-21)15-7-9-18(10-8-15)25-12-11-17-13-26-20(22-17)16-5-3-2-4-6-16/h2-10,13-14H,11-12,21H2,1H3,(H,23,24). The van der Waals surface area contributed by atoms with Crippen LogP contribution in [-0.2, 0) is 11.2 Å². The van der Waals surface area contributed by atoms with Crippen molar-refractivity contribution in [2.45, 2.75) is 19.3 Å². The van der Waals surface area contributed by atoms with Gasteiger partial charge in [-0.15, -0.1) is 0 Å². The van der Waals surface area contributed by atoms with E-state index in [1.165, 1.54) is 0 Å². The summed E-state index contributed by atoms with van der Waals surface area (Å²) in [6.07, 6.45) is 2.30. The van der Waals surface area contributed by atoms with Crippen molar-refractivity contribution < 1.29 is 13.9 Å². The van der Waals surface area contributed by atoms with Crippen LogP contribution in [0.5, 0.6) is 5.75 Å². The van der Waals surface area contributed by atoms with Crippen molar-refractivity contribution in [3.05, 3.63) is 72.1 Å². The van der Waals surface area contributed by atoms with Crippen molar-refractivity contribution in [1.82, 2.24) is 10.4 Å². The third-order valence-electron chi connectivity index (χ3n) is 4.12. The zero-order chi connectivity index (χ0) is 18.4. The second-order valence-corrected chi connectivity index (χ2v) is 5.91. The summed E-state index contributed by atoms with van der Waals surface area (Å²) in [5, 5.41) is 0. The molecule has 6 nitrogen and oxygen atoms in total. The van der Waals surface area contributed by atoms with Crippen LogP contribution in [0.3, 0.4) is 0 Å². The number of nitrogens with one attached hydrogen (secondary N) is 1. The minimum absolute atomic E-state index is 0.223. The maximum Gasteiger partial charge on any atom is 0.241 e. The van der Waals surface area contributed by atoms with Gasteiger partial charge in [-0.2, -0.15) is 0 Å². The number of benzene rings is 2. The number of carbonyl (C=O) groups is 1. The summed E-state index contributed by atoms with van der Waals surface area (Å²) in [7, 11) is 0. The van der Waals surface area contributed by atoms with E-state index in [2.05, 4.69) is 10.4 Å². The van der Waals surface area contributed by atoms with Crippen molar-refractivity contribution in [3.63, 3.8) is 0 Å². The maximum atomic E-state index is 11.5. The minimum Gasteiger partial charge on any atom is -0.493 e. The topological polar surface area (TPSA) is 90.4 Å². The molecule has 0 aliphatic rings. The average Bonchev–Trinajstić information content (AvgIpc) is 3.17. The zero-order valence-corrected chi connectivity index (χ0v) is 14.5. The summed E-state index contributed by atoms with van der Waals surface area (Å²) in [5.41, 5.74) is 4.83. The Hall–Kier alpha value is -3.12. The Kier molecular flexibility index (Phi) is 5.66. The molecule has 0 saturated carbocycles. The monoisotopic (exact) mass is 351 g/mol. The number of nitrogens with two attached hydrogens (primary N) is 1. The Morgan fingerprint density at radius 1 is 1.19 bits per heavy atom. The highest BCUT2D eigenvalue weighted by atomic mass is 16.5. The van der Waals surface area contributed by atoms with Gasteiger partial charge in [-0.05, 0) is 36.8 Å². The van der Waals surface area contributed by atoms with E-state index in [4.69, 9.17) is 15.0 Å². The molecule has 1 atom stereocenters. The number of rotatable bonds is 7. The predicted octanol–water partition coefficient (Wildman–Crippen LogP) is 3.06. The molecular weight excluding hydrogens is 330 g/mol. The predicted molar refractivity (Wildman–Crippen MR) is 98.3 cm³/mol. The summed E-state index contributed by atoms with van der Waals surface area (Å²) >= 11 is 0. The second kappa shape index (κ2) is 8.31. The second-order valence-electron chi connectivity index (χ2n) is 5.91. The molecule has 134 valence electrons. The number of aromatic nitrogens is 1. The van der Waals surface area contributed by atoms with Gasteiger partial charge in [0.05, 0.1) is 18.2 Å². The molecule has 1 amide bonds. The molecule has 3 N–H and O–H groups in total. The normalized spacial score (nSPS) is 11.8. The molecule has 1 unspecified atom stereocenters. The maximum absolute atomic E-state index is 11.5. The van der Waals surface area contributed by atoms with Crippen LogP contribution in [-0.4, -0.2) is 17.5 Å². The fraction of sp³-hybridized carbons (Fsp3) is 0.200. The van der Waals surface area contributed by atoms with Gasteiger partial charge in [0.25, 0.3) is 0 Å². The molecule has 0 bridgehead atoms. The molecular formula is C20H21N3O3. The van der Waals surface area contributed by atoms with Gasteiger partial charge in [0.1, 0.15) is 12.0 Å². The lowest BCUT2D eigenvalue weighted by molar-refractivity contribution is -0.122. The fourth-order valence-corrected chi connectivity index (χ4v) is 2.54. The molecule has 1 aromatic heterocycles. The van der Waals surface area contributed by atoms with E-state index >= 15 is 0 Å². The summed E-state index contributed by atoms with van der Waals surface area (Å²) in [6, 6.07) is 17.2. The average molecular weight is 351 g/mol. The highest BCUT2D eigenvalue weighted by molar-refractivity contribution is 5.82. The van der Waals surface area contributed by atoms with Crippen LogP contribution in [0.1, 0.15) is 24.1 Å². The third kappa shape index (κ3) is 4.29. The Morgan fingerprint density at radius 2 is 1.92 bits per heavy atom. The minimum atomic E-state index is -0.305. The Balaban J connectivity index is 1.52. The quantitative estimate of drug-likeness (QED) is 0.388. The van der Waals surface area contributed by atoms with Gasteiger partial charge in [-0.25, -0.2) is 10.8 Å². The van der Waals surface area contributed by atoms with Gasteiger partial charge in [-0.1, -0.05) is 30.3 Å². The van der Waals surface area contributed by atoms with Crippen LogP contribution in [0.15, 0.2) is 65.3 Å². The van der Waals surface area contributed by atoms with Gasteiger partial charge in [0.15, 0.2) is 0 Å². The molecule has 1 heterocycles. The summed E-state index contributed by atoms with van der Waals surface area (Å²) in [5.74, 6) is 5.98. The van der Waals surface area contributed by atoms with E-state index in [1.807, 2.05) is 54.6 Å². The first-order valence-corrected chi connectivity index (χ1v) is 8.40. The van der Waals surface area contributed by atoms with Crippen molar-refractivity contribution in [1.29, 1.82) is 0 Å². The summed E-state index contributed by atoms with van der Waals surface area (Å²) in [4.78, 5) is 16.0. The first-order valence-electron chi connectivity index (χ1n) is 8.40. The number of carbonyl (C=O) groups excluding carboxylic acids is 1. The SMILES string of the molecule is CC(C(=O)NN)c1ccc(OCCc2coc(-c3ccccc3)n2)cc1. The smallest absolute Gasteiger partial charge is 0.241 e. The third-order valence-corrected chi connectivity index (χ3v) is 4.12. The summed E-state index contributed by atoms with van der Waals surface area (Å²) in [6.45, 7) is 2.28. The molecule has 0 aliphatic heterocycles. The van der Waals surface area contributed by atoms with E-state index < -0.39 is 0 Å². The molecule has 26 heavy (non-hydrogen) atoms. The number of hydrogen-bond acceptors (Lipinski definition) is 5. The zero-order valence-electron chi connectivity index (χ0n) is 14.5. The number of hydrogen-bond donors (Lipinski definition) is 2. The number of nitrogens with zero attached hydrogens (tertiary/aromatic N) is 1. The lowest BCUT2D eigenvalue weighted by Gasteiger charge is -2.11. The van der Waals surface area contributed by atoms with E-state index in [0.717, 1.165) is 22.6 Å². The highest BCUT2D eigenvalue weighted by Gasteiger charge is 2.13. The van der Waals surface area contributed by atoms with Crippen LogP contribution in [0.25, 0.3) is 11.5 Å². The van der Waals surface area contributed by atoms with Crippen LogP contribution in [0, 0.1) is 0 Å². The number of hydrazine groups is 1. The molecule has 0 radical (unpaired) electrons. The number of oxazole rings is 1. The summed E-state index contributed by atoms with van der Waals surface area (Å²) < 4.78 is 11.3. The Labute approximate surface area is 152 Å². The van der Waals surface area contributed by atoms with Gasteiger partial charge in [-0.3, -0.25) is 10.2 Å². The largest absolute Gasteiger partial charge is 0.493 e. The van der Waals surface area contributed by atoms with Crippen molar-refractivity contribution in [2.24, 2.45) is 5.84 Å². The molecule has 0 spiro atoms. The van der Waals surface area contributed by atoms with Crippen LogP contribution in [0.4, 0.5) is 0 Å². The van der Waals surface area contributed by atoms with Crippen molar-refractivity contribution in [2.75, 3.05) is 6.61 Å².